The van der Waals surface area contributed by atoms with E-state index in [2.05, 4.69) is 10.3 Å². The van der Waals surface area contributed by atoms with E-state index in [1.54, 1.807) is 19.1 Å². The number of ether oxygens (including phenoxy) is 1. The fraction of sp³-hybridized carbons (Fsp3) is 0.368. The van der Waals surface area contributed by atoms with Gasteiger partial charge in [-0.3, -0.25) is 4.79 Å². The van der Waals surface area contributed by atoms with Gasteiger partial charge in [0.1, 0.15) is 5.75 Å². The Morgan fingerprint density at radius 1 is 1.26 bits per heavy atom. The molecule has 5 nitrogen and oxygen atoms in total. The smallest absolute Gasteiger partial charge is 0.416 e. The van der Waals surface area contributed by atoms with Crippen LogP contribution in [-0.2, 0) is 17.5 Å². The van der Waals surface area contributed by atoms with Crippen molar-refractivity contribution in [3.8, 4) is 11.6 Å². The number of carbonyl (C=O) groups is 1. The van der Waals surface area contributed by atoms with Gasteiger partial charge in [-0.05, 0) is 37.1 Å². The molecule has 1 heterocycles. The van der Waals surface area contributed by atoms with Crippen LogP contribution in [0.4, 0.5) is 13.2 Å². The first kappa shape index (κ1) is 20.7. The van der Waals surface area contributed by atoms with E-state index in [0.29, 0.717) is 5.56 Å². The third-order valence-corrected chi connectivity index (χ3v) is 4.35. The summed E-state index contributed by atoms with van der Waals surface area (Å²) in [6, 6.07) is 7.82. The van der Waals surface area contributed by atoms with E-state index in [9.17, 15) is 18.0 Å². The number of nitrogens with one attached hydrogen (secondary N) is 1. The number of amides is 1. The lowest BCUT2D eigenvalue weighted by molar-refractivity contribution is -0.137. The van der Waals surface area contributed by atoms with Crippen molar-refractivity contribution in [2.75, 3.05) is 0 Å². The molecule has 0 bridgehead atoms. The molecule has 0 radical (unpaired) electrons. The molecule has 0 aliphatic rings. The van der Waals surface area contributed by atoms with Crippen LogP contribution in [0.2, 0.25) is 0 Å². The van der Waals surface area contributed by atoms with Crippen molar-refractivity contribution in [2.24, 2.45) is 11.7 Å². The van der Waals surface area contributed by atoms with E-state index in [-0.39, 0.29) is 30.0 Å². The number of nitrogens with zero attached hydrogens (tertiary/aromatic N) is 1. The third-order valence-electron chi connectivity index (χ3n) is 4.35. The molecule has 27 heavy (non-hydrogen) atoms. The average Bonchev–Trinajstić information content (AvgIpc) is 2.60. The number of pyridine rings is 1. The zero-order valence-corrected chi connectivity index (χ0v) is 15.3. The maximum absolute atomic E-state index is 12.8. The Morgan fingerprint density at radius 2 is 1.96 bits per heavy atom. The summed E-state index contributed by atoms with van der Waals surface area (Å²) in [5.41, 5.74) is 4.67. The van der Waals surface area contributed by atoms with Crippen LogP contribution in [0, 0.1) is 5.92 Å². The summed E-state index contributed by atoms with van der Waals surface area (Å²) in [4.78, 5) is 16.3. The fourth-order valence-electron chi connectivity index (χ4n) is 2.13. The molecule has 2 rings (SSSR count). The maximum atomic E-state index is 12.8. The molecule has 0 aliphatic carbocycles. The lowest BCUT2D eigenvalue weighted by Gasteiger charge is -2.27. The molecule has 0 saturated carbocycles. The van der Waals surface area contributed by atoms with E-state index < -0.39 is 17.3 Å². The Morgan fingerprint density at radius 3 is 2.59 bits per heavy atom. The summed E-state index contributed by atoms with van der Waals surface area (Å²) in [5.74, 6) is -0.305. The van der Waals surface area contributed by atoms with Gasteiger partial charge in [-0.25, -0.2) is 4.98 Å². The Hall–Kier alpha value is -2.61. The lowest BCUT2D eigenvalue weighted by atomic mass is 9.89. The zero-order chi connectivity index (χ0) is 20.2. The van der Waals surface area contributed by atoms with Crippen LogP contribution in [-0.4, -0.2) is 16.4 Å². The largest absolute Gasteiger partial charge is 0.439 e. The Balaban J connectivity index is 2.16. The lowest BCUT2D eigenvalue weighted by Crippen LogP contribution is -2.55. The fourth-order valence-corrected chi connectivity index (χ4v) is 2.13. The first-order valence-corrected chi connectivity index (χ1v) is 8.38. The summed E-state index contributed by atoms with van der Waals surface area (Å²) in [6.07, 6.45) is -3.02. The van der Waals surface area contributed by atoms with Crippen molar-refractivity contribution in [1.82, 2.24) is 10.3 Å². The number of nitrogens with two attached hydrogens (primary N) is 1. The predicted octanol–water partition coefficient (Wildman–Crippen LogP) is 3.88. The molecule has 1 aromatic heterocycles. The number of hydrogen-bond donors (Lipinski definition) is 2. The van der Waals surface area contributed by atoms with Gasteiger partial charge in [-0.1, -0.05) is 26.0 Å². The number of benzene rings is 1. The van der Waals surface area contributed by atoms with Gasteiger partial charge in [0.25, 0.3) is 0 Å². The minimum atomic E-state index is -4.47. The van der Waals surface area contributed by atoms with Crippen LogP contribution in [0.15, 0.2) is 42.6 Å². The molecule has 0 unspecified atom stereocenters. The van der Waals surface area contributed by atoms with Gasteiger partial charge in [-0.2, -0.15) is 13.2 Å². The van der Waals surface area contributed by atoms with Crippen molar-refractivity contribution in [2.45, 2.75) is 39.0 Å². The van der Waals surface area contributed by atoms with E-state index in [1.807, 2.05) is 13.8 Å². The van der Waals surface area contributed by atoms with Crippen molar-refractivity contribution in [1.29, 1.82) is 0 Å². The van der Waals surface area contributed by atoms with Gasteiger partial charge in [0.05, 0.1) is 11.1 Å². The monoisotopic (exact) mass is 381 g/mol. The summed E-state index contributed by atoms with van der Waals surface area (Å²) >= 11 is 0. The number of hydrogen-bond acceptors (Lipinski definition) is 4. The quantitative estimate of drug-likeness (QED) is 0.796. The average molecular weight is 381 g/mol. The van der Waals surface area contributed by atoms with Crippen LogP contribution < -0.4 is 15.8 Å². The normalized spacial score (nSPS) is 13.9. The second-order valence-electron chi connectivity index (χ2n) is 6.72. The van der Waals surface area contributed by atoms with Gasteiger partial charge in [-0.15, -0.1) is 0 Å². The number of aromatic nitrogens is 1. The topological polar surface area (TPSA) is 77.2 Å². The van der Waals surface area contributed by atoms with Crippen molar-refractivity contribution >= 4 is 5.91 Å². The standard InChI is InChI=1S/C19H22F3N3O2/c1-12(2)18(3,23)17(26)25-11-13-6-5-9-24-16(13)27-15-8-4-7-14(10-15)19(20,21)22/h4-10,12H,11,23H2,1-3H3,(H,25,26)/t18-/m0/s1. The highest BCUT2D eigenvalue weighted by Gasteiger charge is 2.32. The number of halogens is 3. The summed E-state index contributed by atoms with van der Waals surface area (Å²) in [5, 5.41) is 2.72. The molecule has 1 aromatic carbocycles. The Labute approximate surface area is 155 Å². The highest BCUT2D eigenvalue weighted by Crippen LogP contribution is 2.32. The van der Waals surface area contributed by atoms with Crippen LogP contribution in [0.25, 0.3) is 0 Å². The van der Waals surface area contributed by atoms with Gasteiger partial charge in [0, 0.05) is 18.3 Å². The van der Waals surface area contributed by atoms with Crippen molar-refractivity contribution in [3.63, 3.8) is 0 Å². The van der Waals surface area contributed by atoms with Gasteiger partial charge in [0.2, 0.25) is 11.8 Å². The summed E-state index contributed by atoms with van der Waals surface area (Å²) in [6.45, 7) is 5.40. The molecule has 2 aromatic rings. The number of carbonyl (C=O) groups excluding carboxylic acids is 1. The first-order valence-electron chi connectivity index (χ1n) is 8.38. The first-order chi connectivity index (χ1) is 12.5. The molecular formula is C19H22F3N3O2. The summed E-state index contributed by atoms with van der Waals surface area (Å²) in [7, 11) is 0. The second-order valence-corrected chi connectivity index (χ2v) is 6.72. The Kier molecular flexibility index (Phi) is 6.10. The molecule has 0 saturated heterocycles. The van der Waals surface area contributed by atoms with Crippen LogP contribution in [0.1, 0.15) is 31.9 Å². The third kappa shape index (κ3) is 5.19. The Bertz CT molecular complexity index is 805. The molecule has 0 spiro atoms. The molecule has 146 valence electrons. The SMILES string of the molecule is CC(C)[C@](C)(N)C(=O)NCc1cccnc1Oc1cccc(C(F)(F)F)c1. The predicted molar refractivity (Wildman–Crippen MR) is 95.0 cm³/mol. The molecule has 0 fully saturated rings. The van der Waals surface area contributed by atoms with Crippen LogP contribution >= 0.6 is 0 Å². The molecule has 3 N–H and O–H groups in total. The number of rotatable bonds is 6. The maximum Gasteiger partial charge on any atom is 0.416 e. The highest BCUT2D eigenvalue weighted by atomic mass is 19.4. The van der Waals surface area contributed by atoms with Gasteiger partial charge < -0.3 is 15.8 Å². The van der Waals surface area contributed by atoms with Gasteiger partial charge in [0.15, 0.2) is 0 Å². The van der Waals surface area contributed by atoms with E-state index in [1.165, 1.54) is 18.3 Å². The van der Waals surface area contributed by atoms with Crippen molar-refractivity contribution < 1.29 is 22.7 Å². The molecule has 8 heteroatoms. The molecule has 1 amide bonds. The van der Waals surface area contributed by atoms with E-state index in [0.717, 1.165) is 12.1 Å². The highest BCUT2D eigenvalue weighted by molar-refractivity contribution is 5.85. The summed E-state index contributed by atoms with van der Waals surface area (Å²) < 4.78 is 44.0. The molecular weight excluding hydrogens is 359 g/mol. The van der Waals surface area contributed by atoms with E-state index >= 15 is 0 Å². The van der Waals surface area contributed by atoms with Crippen LogP contribution in [0.3, 0.4) is 0 Å². The number of alkyl halides is 3. The van der Waals surface area contributed by atoms with Crippen LogP contribution in [0.5, 0.6) is 11.6 Å². The zero-order valence-electron chi connectivity index (χ0n) is 15.3. The van der Waals surface area contributed by atoms with Gasteiger partial charge >= 0.3 is 6.18 Å². The second kappa shape index (κ2) is 7.96. The van der Waals surface area contributed by atoms with E-state index in [4.69, 9.17) is 10.5 Å². The minimum absolute atomic E-state index is 0.00180. The molecule has 1 atom stereocenters. The molecule has 0 aliphatic heterocycles. The minimum Gasteiger partial charge on any atom is -0.439 e. The van der Waals surface area contributed by atoms with Crippen molar-refractivity contribution in [3.05, 3.63) is 53.7 Å².